The van der Waals surface area contributed by atoms with Crippen LogP contribution in [0.2, 0.25) is 0 Å². The Kier molecular flexibility index (Phi) is 7.50. The van der Waals surface area contributed by atoms with Gasteiger partial charge in [-0.3, -0.25) is 9.69 Å². The molecule has 27 heavy (non-hydrogen) atoms. The highest BCUT2D eigenvalue weighted by molar-refractivity contribution is 5.78. The monoisotopic (exact) mass is 374 g/mol. The number of likely N-dealkylation sites (N-methyl/N-ethyl adjacent to an activating group) is 1. The summed E-state index contributed by atoms with van der Waals surface area (Å²) in [5.74, 6) is 0.906. The zero-order chi connectivity index (χ0) is 19.1. The molecular formula is C21H34N4O2. The first-order valence-corrected chi connectivity index (χ1v) is 10.2. The van der Waals surface area contributed by atoms with Crippen molar-refractivity contribution in [2.75, 3.05) is 59.5 Å². The number of hydrogen-bond acceptors (Lipinski definition) is 5. The van der Waals surface area contributed by atoms with Gasteiger partial charge in [0.05, 0.1) is 0 Å². The molecule has 1 aromatic carbocycles. The highest BCUT2D eigenvalue weighted by Gasteiger charge is 2.19. The van der Waals surface area contributed by atoms with E-state index in [1.807, 2.05) is 23.1 Å². The van der Waals surface area contributed by atoms with Crippen molar-refractivity contribution in [3.8, 4) is 5.75 Å². The molecule has 2 aliphatic rings. The Bertz CT molecular complexity index is 596. The number of nitrogens with one attached hydrogen (secondary N) is 1. The number of piperazine rings is 1. The van der Waals surface area contributed by atoms with Crippen LogP contribution >= 0.6 is 0 Å². The Balaban J connectivity index is 1.44. The van der Waals surface area contributed by atoms with Crippen LogP contribution in [0.5, 0.6) is 5.75 Å². The van der Waals surface area contributed by atoms with Crippen molar-refractivity contribution in [3.63, 3.8) is 0 Å². The first-order valence-electron chi connectivity index (χ1n) is 10.2. The van der Waals surface area contributed by atoms with Crippen LogP contribution in [0.4, 0.5) is 0 Å². The van der Waals surface area contributed by atoms with E-state index in [1.165, 1.54) is 0 Å². The molecule has 0 spiro atoms. The third kappa shape index (κ3) is 6.19. The summed E-state index contributed by atoms with van der Waals surface area (Å²) in [6.45, 7) is 10.5. The number of carbonyl (C=O) groups is 1. The van der Waals surface area contributed by atoms with Gasteiger partial charge in [0, 0.05) is 64.0 Å². The van der Waals surface area contributed by atoms with Crippen molar-refractivity contribution in [2.45, 2.75) is 32.4 Å². The zero-order valence-corrected chi connectivity index (χ0v) is 16.8. The second-order valence-corrected chi connectivity index (χ2v) is 7.87. The smallest absolute Gasteiger partial charge is 0.260 e. The van der Waals surface area contributed by atoms with Crippen LogP contribution in [0, 0.1) is 0 Å². The van der Waals surface area contributed by atoms with Crippen molar-refractivity contribution in [3.05, 3.63) is 29.8 Å². The standard InChI is InChI=1S/C21H34N4O2/c1-18(16-24-13-11-23(2)12-14-24)22-15-19-7-3-4-8-20(19)27-17-21(26)25-9-5-6-10-25/h3-4,7-8,18,22H,5-6,9-17H2,1-2H3. The van der Waals surface area contributed by atoms with Gasteiger partial charge in [-0.05, 0) is 32.9 Å². The number of likely N-dealkylation sites (tertiary alicyclic amines) is 1. The Morgan fingerprint density at radius 2 is 1.81 bits per heavy atom. The third-order valence-electron chi connectivity index (χ3n) is 5.55. The minimum Gasteiger partial charge on any atom is -0.483 e. The molecule has 2 saturated heterocycles. The highest BCUT2D eigenvalue weighted by Crippen LogP contribution is 2.18. The zero-order valence-electron chi connectivity index (χ0n) is 16.8. The van der Waals surface area contributed by atoms with E-state index in [2.05, 4.69) is 35.2 Å². The van der Waals surface area contributed by atoms with E-state index >= 15 is 0 Å². The lowest BCUT2D eigenvalue weighted by Gasteiger charge is -2.34. The van der Waals surface area contributed by atoms with Gasteiger partial charge < -0.3 is 19.9 Å². The molecule has 6 heteroatoms. The van der Waals surface area contributed by atoms with Gasteiger partial charge in [0.2, 0.25) is 0 Å². The molecule has 1 atom stereocenters. The average molecular weight is 375 g/mol. The van der Waals surface area contributed by atoms with Crippen molar-refractivity contribution in [1.29, 1.82) is 0 Å². The molecule has 0 radical (unpaired) electrons. The summed E-state index contributed by atoms with van der Waals surface area (Å²) in [5, 5.41) is 3.61. The predicted octanol–water partition coefficient (Wildman–Crippen LogP) is 1.41. The second kappa shape index (κ2) is 10.1. The molecule has 1 unspecified atom stereocenters. The molecule has 0 aliphatic carbocycles. The maximum Gasteiger partial charge on any atom is 0.260 e. The van der Waals surface area contributed by atoms with E-state index in [-0.39, 0.29) is 12.5 Å². The van der Waals surface area contributed by atoms with Crippen LogP contribution < -0.4 is 10.1 Å². The van der Waals surface area contributed by atoms with E-state index in [1.54, 1.807) is 0 Å². The molecule has 1 N–H and O–H groups in total. The van der Waals surface area contributed by atoms with Crippen LogP contribution in [-0.4, -0.2) is 86.1 Å². The summed E-state index contributed by atoms with van der Waals surface area (Å²) >= 11 is 0. The molecule has 2 fully saturated rings. The predicted molar refractivity (Wildman–Crippen MR) is 108 cm³/mol. The number of nitrogens with zero attached hydrogens (tertiary/aromatic N) is 3. The molecule has 6 nitrogen and oxygen atoms in total. The number of para-hydroxylation sites is 1. The summed E-state index contributed by atoms with van der Waals surface area (Å²) in [4.78, 5) is 19.0. The van der Waals surface area contributed by atoms with E-state index in [0.717, 1.165) is 76.5 Å². The topological polar surface area (TPSA) is 48.1 Å². The van der Waals surface area contributed by atoms with Crippen LogP contribution in [0.3, 0.4) is 0 Å². The quantitative estimate of drug-likeness (QED) is 0.746. The lowest BCUT2D eigenvalue weighted by molar-refractivity contribution is -0.132. The maximum atomic E-state index is 12.2. The van der Waals surface area contributed by atoms with Gasteiger partial charge in [-0.1, -0.05) is 18.2 Å². The molecule has 1 aromatic rings. The lowest BCUT2D eigenvalue weighted by atomic mass is 10.2. The number of amides is 1. The van der Waals surface area contributed by atoms with E-state index < -0.39 is 0 Å². The van der Waals surface area contributed by atoms with Crippen LogP contribution in [0.1, 0.15) is 25.3 Å². The minimum absolute atomic E-state index is 0.0960. The highest BCUT2D eigenvalue weighted by atomic mass is 16.5. The number of benzene rings is 1. The average Bonchev–Trinajstić information content (AvgIpc) is 3.22. The molecule has 3 rings (SSSR count). The Hall–Kier alpha value is -1.63. The van der Waals surface area contributed by atoms with Crippen molar-refractivity contribution in [1.82, 2.24) is 20.0 Å². The van der Waals surface area contributed by atoms with Crippen LogP contribution in [0.25, 0.3) is 0 Å². The lowest BCUT2D eigenvalue weighted by Crippen LogP contribution is -2.48. The van der Waals surface area contributed by atoms with E-state index in [0.29, 0.717) is 6.04 Å². The SMILES string of the molecule is CC(CN1CCN(C)CC1)NCc1ccccc1OCC(=O)N1CCCC1. The van der Waals surface area contributed by atoms with Crippen LogP contribution in [0.15, 0.2) is 24.3 Å². The van der Waals surface area contributed by atoms with Gasteiger partial charge in [0.15, 0.2) is 6.61 Å². The summed E-state index contributed by atoms with van der Waals surface area (Å²) in [5.41, 5.74) is 1.11. The van der Waals surface area contributed by atoms with E-state index in [4.69, 9.17) is 4.74 Å². The van der Waals surface area contributed by atoms with Gasteiger partial charge >= 0.3 is 0 Å². The van der Waals surface area contributed by atoms with Crippen molar-refractivity contribution >= 4 is 5.91 Å². The summed E-state index contributed by atoms with van der Waals surface area (Å²) in [6, 6.07) is 8.43. The fraction of sp³-hybridized carbons (Fsp3) is 0.667. The maximum absolute atomic E-state index is 12.2. The molecule has 2 aliphatic heterocycles. The molecule has 150 valence electrons. The van der Waals surface area contributed by atoms with Gasteiger partial charge in [0.25, 0.3) is 5.91 Å². The van der Waals surface area contributed by atoms with Crippen molar-refractivity contribution < 1.29 is 9.53 Å². The second-order valence-electron chi connectivity index (χ2n) is 7.87. The number of hydrogen-bond donors (Lipinski definition) is 1. The summed E-state index contributed by atoms with van der Waals surface area (Å²) in [7, 11) is 2.18. The molecule has 1 amide bonds. The summed E-state index contributed by atoms with van der Waals surface area (Å²) in [6.07, 6.45) is 2.22. The Morgan fingerprint density at radius 1 is 1.11 bits per heavy atom. The van der Waals surface area contributed by atoms with Crippen LogP contribution in [-0.2, 0) is 11.3 Å². The number of carbonyl (C=O) groups excluding carboxylic acids is 1. The van der Waals surface area contributed by atoms with Gasteiger partial charge in [-0.25, -0.2) is 0 Å². The Morgan fingerprint density at radius 3 is 2.56 bits per heavy atom. The van der Waals surface area contributed by atoms with Gasteiger partial charge in [-0.15, -0.1) is 0 Å². The fourth-order valence-corrected chi connectivity index (χ4v) is 3.75. The number of rotatable bonds is 8. The minimum atomic E-state index is 0.0960. The number of ether oxygens (including phenoxy) is 1. The first-order chi connectivity index (χ1) is 13.1. The van der Waals surface area contributed by atoms with Gasteiger partial charge in [-0.2, -0.15) is 0 Å². The largest absolute Gasteiger partial charge is 0.483 e. The van der Waals surface area contributed by atoms with Crippen molar-refractivity contribution in [2.24, 2.45) is 0 Å². The first kappa shape index (κ1) is 20.1. The fourth-order valence-electron chi connectivity index (χ4n) is 3.75. The normalized spacial score (nSPS) is 20.0. The molecule has 0 bridgehead atoms. The molecule has 2 heterocycles. The van der Waals surface area contributed by atoms with E-state index in [9.17, 15) is 4.79 Å². The molecule has 0 saturated carbocycles. The summed E-state index contributed by atoms with van der Waals surface area (Å²) < 4.78 is 5.86. The Labute approximate surface area is 163 Å². The third-order valence-corrected chi connectivity index (χ3v) is 5.55. The molecular weight excluding hydrogens is 340 g/mol. The molecule has 0 aromatic heterocycles. The van der Waals surface area contributed by atoms with Gasteiger partial charge in [0.1, 0.15) is 5.75 Å².